The van der Waals surface area contributed by atoms with Crippen LogP contribution in [0.25, 0.3) is 0 Å². The van der Waals surface area contributed by atoms with Crippen molar-refractivity contribution in [2.24, 2.45) is 0 Å². The predicted molar refractivity (Wildman–Crippen MR) is 123 cm³/mol. The first-order chi connectivity index (χ1) is 15.4. The molecule has 0 aliphatic carbocycles. The summed E-state index contributed by atoms with van der Waals surface area (Å²) in [6, 6.07) is 10.1. The molecule has 3 heterocycles. The largest absolute Gasteiger partial charge is 0.339 e. The summed E-state index contributed by atoms with van der Waals surface area (Å²) in [7, 11) is -2.87. The zero-order chi connectivity index (χ0) is 22.6. The summed E-state index contributed by atoms with van der Waals surface area (Å²) in [5.74, 6) is 0.756. The van der Waals surface area contributed by atoms with E-state index in [0.29, 0.717) is 31.0 Å². The Morgan fingerprint density at radius 3 is 2.31 bits per heavy atom. The van der Waals surface area contributed by atoms with Crippen LogP contribution in [0.1, 0.15) is 24.0 Å². The Hall–Kier alpha value is -1.99. The number of sulfone groups is 1. The molecule has 1 aromatic rings. The number of carbonyl (C=O) groups excluding carboxylic acids is 1. The van der Waals surface area contributed by atoms with E-state index in [-0.39, 0.29) is 17.7 Å². The second-order valence-corrected chi connectivity index (χ2v) is 11.4. The van der Waals surface area contributed by atoms with E-state index >= 15 is 0 Å². The molecular formula is C23H33N5O3S. The minimum absolute atomic E-state index is 0.130. The van der Waals surface area contributed by atoms with Gasteiger partial charge in [-0.1, -0.05) is 12.1 Å². The van der Waals surface area contributed by atoms with Gasteiger partial charge in [-0.3, -0.25) is 19.5 Å². The molecule has 3 aliphatic heterocycles. The minimum Gasteiger partial charge on any atom is -0.339 e. The van der Waals surface area contributed by atoms with Crippen LogP contribution in [-0.4, -0.2) is 110 Å². The number of nitriles is 1. The lowest BCUT2D eigenvalue weighted by Gasteiger charge is -2.38. The number of hydrogen-bond donors (Lipinski definition) is 0. The summed E-state index contributed by atoms with van der Waals surface area (Å²) in [6.45, 7) is 7.98. The van der Waals surface area contributed by atoms with Crippen molar-refractivity contribution in [3.63, 3.8) is 0 Å². The minimum atomic E-state index is -2.87. The lowest BCUT2D eigenvalue weighted by molar-refractivity contribution is -0.134. The van der Waals surface area contributed by atoms with E-state index in [0.717, 1.165) is 58.7 Å². The van der Waals surface area contributed by atoms with Crippen molar-refractivity contribution in [2.75, 3.05) is 70.4 Å². The fraction of sp³-hybridized carbons (Fsp3) is 0.652. The molecule has 0 N–H and O–H groups in total. The van der Waals surface area contributed by atoms with Crippen LogP contribution >= 0.6 is 0 Å². The molecule has 0 spiro atoms. The monoisotopic (exact) mass is 459 g/mol. The Bertz CT molecular complexity index is 935. The van der Waals surface area contributed by atoms with E-state index in [1.165, 1.54) is 5.56 Å². The first-order valence-corrected chi connectivity index (χ1v) is 13.4. The second kappa shape index (κ2) is 10.3. The van der Waals surface area contributed by atoms with Gasteiger partial charge >= 0.3 is 0 Å². The summed E-state index contributed by atoms with van der Waals surface area (Å²) in [4.78, 5) is 21.7. The molecule has 3 saturated heterocycles. The van der Waals surface area contributed by atoms with Gasteiger partial charge in [0.25, 0.3) is 0 Å². The van der Waals surface area contributed by atoms with Crippen molar-refractivity contribution in [1.29, 1.82) is 5.26 Å². The van der Waals surface area contributed by atoms with Crippen LogP contribution < -0.4 is 0 Å². The maximum atomic E-state index is 12.9. The average molecular weight is 460 g/mol. The van der Waals surface area contributed by atoms with Crippen LogP contribution in [0.3, 0.4) is 0 Å². The van der Waals surface area contributed by atoms with E-state index < -0.39 is 9.84 Å². The zero-order valence-electron chi connectivity index (χ0n) is 18.7. The molecule has 9 heteroatoms. The van der Waals surface area contributed by atoms with Crippen LogP contribution in [0.2, 0.25) is 0 Å². The quantitative estimate of drug-likeness (QED) is 0.630. The molecule has 3 fully saturated rings. The summed E-state index contributed by atoms with van der Waals surface area (Å²) in [5, 5.41) is 8.94. The van der Waals surface area contributed by atoms with Gasteiger partial charge in [-0.2, -0.15) is 5.26 Å². The smallest absolute Gasteiger partial charge is 0.236 e. The van der Waals surface area contributed by atoms with Crippen molar-refractivity contribution in [3.8, 4) is 6.07 Å². The lowest BCUT2D eigenvalue weighted by Crippen LogP contribution is -2.54. The molecule has 1 amide bonds. The maximum Gasteiger partial charge on any atom is 0.236 e. The highest BCUT2D eigenvalue weighted by atomic mass is 32.2. The molecule has 0 unspecified atom stereocenters. The second-order valence-electron chi connectivity index (χ2n) is 9.19. The average Bonchev–Trinajstić information content (AvgIpc) is 3.02. The molecule has 3 aliphatic rings. The number of rotatable bonds is 5. The Balaban J connectivity index is 1.20. The third kappa shape index (κ3) is 6.07. The molecule has 0 aromatic heterocycles. The van der Waals surface area contributed by atoms with Crippen LogP contribution in [0.5, 0.6) is 0 Å². The predicted octanol–water partition coefficient (Wildman–Crippen LogP) is 0.397. The molecule has 8 nitrogen and oxygen atoms in total. The van der Waals surface area contributed by atoms with Gasteiger partial charge in [0.15, 0.2) is 9.84 Å². The van der Waals surface area contributed by atoms with Gasteiger partial charge in [-0.25, -0.2) is 8.42 Å². The number of benzene rings is 1. The first-order valence-electron chi connectivity index (χ1n) is 11.6. The Morgan fingerprint density at radius 1 is 0.969 bits per heavy atom. The van der Waals surface area contributed by atoms with Gasteiger partial charge < -0.3 is 4.90 Å². The number of piperazine rings is 1. The van der Waals surface area contributed by atoms with Gasteiger partial charge in [-0.15, -0.1) is 0 Å². The van der Waals surface area contributed by atoms with Gasteiger partial charge in [0.05, 0.1) is 29.7 Å². The lowest BCUT2D eigenvalue weighted by atomic mass is 10.1. The van der Waals surface area contributed by atoms with Gasteiger partial charge in [0.2, 0.25) is 5.91 Å². The van der Waals surface area contributed by atoms with E-state index in [1.54, 1.807) is 0 Å². The molecule has 1 aromatic carbocycles. The maximum absolute atomic E-state index is 12.9. The SMILES string of the molecule is N#Cc1ccc(CN2CCCN(CC(=O)N3CCN([C@H]4CCS(=O)(=O)C4)CC3)CC2)cc1. The molecule has 0 bridgehead atoms. The van der Waals surface area contributed by atoms with Crippen LogP contribution in [-0.2, 0) is 21.2 Å². The summed E-state index contributed by atoms with van der Waals surface area (Å²) >= 11 is 0. The van der Waals surface area contributed by atoms with E-state index in [9.17, 15) is 13.2 Å². The van der Waals surface area contributed by atoms with E-state index in [1.807, 2.05) is 29.2 Å². The highest BCUT2D eigenvalue weighted by Crippen LogP contribution is 2.19. The topological polar surface area (TPSA) is 88.0 Å². The molecule has 32 heavy (non-hydrogen) atoms. The van der Waals surface area contributed by atoms with Crippen molar-refractivity contribution >= 4 is 15.7 Å². The van der Waals surface area contributed by atoms with Crippen molar-refractivity contribution < 1.29 is 13.2 Å². The first kappa shape index (κ1) is 23.2. The highest BCUT2D eigenvalue weighted by Gasteiger charge is 2.34. The number of carbonyl (C=O) groups is 1. The van der Waals surface area contributed by atoms with Gasteiger partial charge in [0, 0.05) is 51.9 Å². The van der Waals surface area contributed by atoms with Crippen molar-refractivity contribution in [1.82, 2.24) is 19.6 Å². The molecule has 1 atom stereocenters. The standard InChI is InChI=1S/C23H33N5O3S/c24-16-20-2-4-21(5-3-20)17-25-7-1-8-26(10-9-25)18-23(29)28-13-11-27(12-14-28)22-6-15-32(30,31)19-22/h2-5,22H,1,6-15,17-19H2/t22-/m0/s1. The van der Waals surface area contributed by atoms with Gasteiger partial charge in [0.1, 0.15) is 0 Å². The molecule has 174 valence electrons. The fourth-order valence-corrected chi connectivity index (χ4v) is 6.74. The van der Waals surface area contributed by atoms with Crippen LogP contribution in [0.15, 0.2) is 24.3 Å². The molecular weight excluding hydrogens is 426 g/mol. The summed E-state index contributed by atoms with van der Waals surface area (Å²) in [5.41, 5.74) is 1.89. The van der Waals surface area contributed by atoms with E-state index in [2.05, 4.69) is 20.8 Å². The summed E-state index contributed by atoms with van der Waals surface area (Å²) in [6.07, 6.45) is 1.76. The zero-order valence-corrected chi connectivity index (χ0v) is 19.5. The number of hydrogen-bond acceptors (Lipinski definition) is 7. The van der Waals surface area contributed by atoms with Crippen molar-refractivity contribution in [3.05, 3.63) is 35.4 Å². The highest BCUT2D eigenvalue weighted by molar-refractivity contribution is 7.91. The summed E-state index contributed by atoms with van der Waals surface area (Å²) < 4.78 is 23.5. The Labute approximate surface area is 191 Å². The van der Waals surface area contributed by atoms with Crippen LogP contribution in [0, 0.1) is 11.3 Å². The molecule has 0 radical (unpaired) electrons. The van der Waals surface area contributed by atoms with Crippen LogP contribution in [0.4, 0.5) is 0 Å². The Morgan fingerprint density at radius 2 is 1.66 bits per heavy atom. The molecule has 4 rings (SSSR count). The van der Waals surface area contributed by atoms with Gasteiger partial charge in [-0.05, 0) is 43.6 Å². The van der Waals surface area contributed by atoms with Crippen molar-refractivity contribution in [2.45, 2.75) is 25.4 Å². The Kier molecular flexibility index (Phi) is 7.46. The number of nitrogens with zero attached hydrogens (tertiary/aromatic N) is 5. The number of amides is 1. The normalized spacial score (nSPS) is 25.3. The van der Waals surface area contributed by atoms with E-state index in [4.69, 9.17) is 5.26 Å². The molecule has 0 saturated carbocycles. The fourth-order valence-electron chi connectivity index (χ4n) is 4.97. The third-order valence-corrected chi connectivity index (χ3v) is 8.67. The third-order valence-electron chi connectivity index (χ3n) is 6.92.